The van der Waals surface area contributed by atoms with Gasteiger partial charge in [-0.1, -0.05) is 30.3 Å². The Morgan fingerprint density at radius 3 is 2.54 bits per heavy atom. The highest BCUT2D eigenvalue weighted by Crippen LogP contribution is 2.31. The molecule has 1 atom stereocenters. The Kier molecular flexibility index (Phi) is 5.57. The monoisotopic (exact) mass is 332 g/mol. The maximum Gasteiger partial charge on any atom is 0.337 e. The molecule has 0 radical (unpaired) electrons. The number of ether oxygens (including phenoxy) is 1. The van der Waals surface area contributed by atoms with E-state index >= 15 is 0 Å². The van der Waals surface area contributed by atoms with Gasteiger partial charge in [0.1, 0.15) is 0 Å². The molecule has 2 N–H and O–H groups in total. The minimum Gasteiger partial charge on any atom is -0.481 e. The first kappa shape index (κ1) is 17.5. The van der Waals surface area contributed by atoms with Crippen LogP contribution in [0.3, 0.4) is 0 Å². The molecule has 1 heterocycles. The van der Waals surface area contributed by atoms with Gasteiger partial charge < -0.3 is 15.2 Å². The molecule has 0 fully saturated rings. The average Bonchev–Trinajstić information content (AvgIpc) is 2.57. The van der Waals surface area contributed by atoms with E-state index in [2.05, 4.69) is 5.32 Å². The van der Waals surface area contributed by atoms with E-state index < -0.39 is 18.0 Å². The summed E-state index contributed by atoms with van der Waals surface area (Å²) in [6.45, 7) is 1.88. The van der Waals surface area contributed by atoms with E-state index in [1.165, 1.54) is 12.0 Å². The van der Waals surface area contributed by atoms with E-state index in [0.717, 1.165) is 5.56 Å². The Morgan fingerprint density at radius 2 is 1.96 bits per heavy atom. The third-order valence-corrected chi connectivity index (χ3v) is 3.91. The number of carbonyl (C=O) groups excluding carboxylic acids is 2. The minimum absolute atomic E-state index is 0.0489. The molecule has 0 spiro atoms. The smallest absolute Gasteiger partial charge is 0.337 e. The van der Waals surface area contributed by atoms with Crippen LogP contribution in [-0.2, 0) is 14.3 Å². The molecular weight excluding hydrogens is 312 g/mol. The fourth-order valence-electron chi connectivity index (χ4n) is 2.71. The van der Waals surface area contributed by atoms with Gasteiger partial charge in [-0.15, -0.1) is 0 Å². The molecule has 0 bridgehead atoms. The number of benzene rings is 1. The van der Waals surface area contributed by atoms with Gasteiger partial charge in [0.05, 0.1) is 18.7 Å². The molecule has 0 saturated carbocycles. The third kappa shape index (κ3) is 3.73. The van der Waals surface area contributed by atoms with Crippen molar-refractivity contribution in [1.82, 2.24) is 10.2 Å². The molecule has 1 aliphatic heterocycles. The molecule has 2 rings (SSSR count). The summed E-state index contributed by atoms with van der Waals surface area (Å²) in [6, 6.07) is 8.18. The van der Waals surface area contributed by atoms with E-state index in [-0.39, 0.29) is 19.0 Å². The zero-order chi connectivity index (χ0) is 17.7. The zero-order valence-corrected chi connectivity index (χ0v) is 13.6. The zero-order valence-electron chi connectivity index (χ0n) is 13.6. The Bertz CT molecular complexity index is 669. The molecular formula is C17H20N2O5. The summed E-state index contributed by atoms with van der Waals surface area (Å²) in [5.41, 5.74) is 1.60. The van der Waals surface area contributed by atoms with Crippen molar-refractivity contribution < 1.29 is 24.2 Å². The predicted molar refractivity (Wildman–Crippen MR) is 86.0 cm³/mol. The first-order valence-corrected chi connectivity index (χ1v) is 7.59. The van der Waals surface area contributed by atoms with Crippen LogP contribution in [-0.4, -0.2) is 41.6 Å². The lowest BCUT2D eigenvalue weighted by Gasteiger charge is -2.35. The summed E-state index contributed by atoms with van der Waals surface area (Å²) < 4.78 is 4.87. The number of amides is 2. The van der Waals surface area contributed by atoms with Gasteiger partial charge in [0, 0.05) is 18.7 Å². The average molecular weight is 332 g/mol. The van der Waals surface area contributed by atoms with Crippen molar-refractivity contribution in [2.45, 2.75) is 25.8 Å². The molecule has 7 heteroatoms. The van der Waals surface area contributed by atoms with Gasteiger partial charge in [-0.25, -0.2) is 9.59 Å². The Balaban J connectivity index is 2.35. The number of aliphatic carboxylic acids is 1. The van der Waals surface area contributed by atoms with Crippen molar-refractivity contribution in [1.29, 1.82) is 0 Å². The highest BCUT2D eigenvalue weighted by atomic mass is 16.5. The summed E-state index contributed by atoms with van der Waals surface area (Å²) >= 11 is 0. The second-order valence-corrected chi connectivity index (χ2v) is 5.43. The summed E-state index contributed by atoms with van der Waals surface area (Å²) in [5.74, 6) is -1.45. The van der Waals surface area contributed by atoms with E-state index in [4.69, 9.17) is 9.84 Å². The number of urea groups is 1. The van der Waals surface area contributed by atoms with Crippen molar-refractivity contribution in [3.63, 3.8) is 0 Å². The SMILES string of the molecule is COC(=O)C1=C(C)N(CCCC(=O)O)C(=O)NC1c1ccccc1. The number of nitrogens with zero attached hydrogens (tertiary/aromatic N) is 1. The molecule has 0 aliphatic carbocycles. The Morgan fingerprint density at radius 1 is 1.29 bits per heavy atom. The molecule has 7 nitrogen and oxygen atoms in total. The van der Waals surface area contributed by atoms with Crippen LogP contribution < -0.4 is 5.32 Å². The quantitative estimate of drug-likeness (QED) is 0.778. The fourth-order valence-corrected chi connectivity index (χ4v) is 2.71. The summed E-state index contributed by atoms with van der Waals surface area (Å²) in [4.78, 5) is 36.7. The first-order chi connectivity index (χ1) is 11.5. The maximum absolute atomic E-state index is 12.4. The van der Waals surface area contributed by atoms with Crippen LogP contribution in [0.25, 0.3) is 0 Å². The van der Waals surface area contributed by atoms with Crippen molar-refractivity contribution >= 4 is 18.0 Å². The summed E-state index contributed by atoms with van der Waals surface area (Å²) in [6.07, 6.45) is 0.247. The lowest BCUT2D eigenvalue weighted by molar-refractivity contribution is -0.138. The lowest BCUT2D eigenvalue weighted by Crippen LogP contribution is -2.48. The van der Waals surface area contributed by atoms with E-state index in [1.54, 1.807) is 6.92 Å². The molecule has 0 saturated heterocycles. The number of rotatable bonds is 6. The number of carboxylic acid groups (broad SMARTS) is 1. The summed E-state index contributed by atoms with van der Waals surface area (Å²) in [5, 5.41) is 11.5. The van der Waals surface area contributed by atoms with Crippen molar-refractivity contribution in [3.05, 3.63) is 47.2 Å². The van der Waals surface area contributed by atoms with E-state index in [1.807, 2.05) is 30.3 Å². The van der Waals surface area contributed by atoms with Gasteiger partial charge >= 0.3 is 18.0 Å². The predicted octanol–water partition coefficient (Wildman–Crippen LogP) is 2.06. The highest BCUT2D eigenvalue weighted by molar-refractivity contribution is 5.95. The van der Waals surface area contributed by atoms with Crippen LogP contribution in [0.15, 0.2) is 41.6 Å². The van der Waals surface area contributed by atoms with Gasteiger partial charge in [0.2, 0.25) is 0 Å². The highest BCUT2D eigenvalue weighted by Gasteiger charge is 2.35. The number of carboxylic acids is 1. The second kappa shape index (κ2) is 7.63. The standard InChI is InChI=1S/C17H20N2O5/c1-11-14(16(22)24-2)15(12-7-4-3-5-8-12)18-17(23)19(11)10-6-9-13(20)21/h3-5,7-8,15H,6,9-10H2,1-2H3,(H,18,23)(H,20,21). The molecule has 1 aromatic carbocycles. The van der Waals surface area contributed by atoms with Gasteiger partial charge in [-0.05, 0) is 18.9 Å². The van der Waals surface area contributed by atoms with Crippen LogP contribution in [0.4, 0.5) is 4.79 Å². The van der Waals surface area contributed by atoms with Crippen LogP contribution in [0, 0.1) is 0 Å². The Labute approximate surface area is 139 Å². The molecule has 1 aromatic rings. The van der Waals surface area contributed by atoms with Gasteiger partial charge in [-0.2, -0.15) is 0 Å². The van der Waals surface area contributed by atoms with Gasteiger partial charge in [0.25, 0.3) is 0 Å². The second-order valence-electron chi connectivity index (χ2n) is 5.43. The number of nitrogens with one attached hydrogen (secondary N) is 1. The molecule has 1 unspecified atom stereocenters. The normalized spacial score (nSPS) is 17.5. The maximum atomic E-state index is 12.4. The number of esters is 1. The molecule has 1 aliphatic rings. The largest absolute Gasteiger partial charge is 0.481 e. The molecule has 128 valence electrons. The minimum atomic E-state index is -0.926. The van der Waals surface area contributed by atoms with Crippen LogP contribution in [0.5, 0.6) is 0 Å². The van der Waals surface area contributed by atoms with Gasteiger partial charge in [-0.3, -0.25) is 9.69 Å². The van der Waals surface area contributed by atoms with Crippen molar-refractivity contribution in [3.8, 4) is 0 Å². The summed E-state index contributed by atoms with van der Waals surface area (Å²) in [7, 11) is 1.29. The molecule has 24 heavy (non-hydrogen) atoms. The van der Waals surface area contributed by atoms with Crippen LogP contribution in [0.1, 0.15) is 31.4 Å². The van der Waals surface area contributed by atoms with E-state index in [0.29, 0.717) is 17.7 Å². The molecule has 0 aromatic heterocycles. The number of carbonyl (C=O) groups is 3. The topological polar surface area (TPSA) is 95.9 Å². The lowest BCUT2D eigenvalue weighted by atomic mass is 9.95. The van der Waals surface area contributed by atoms with Crippen LogP contribution >= 0.6 is 0 Å². The fraction of sp³-hybridized carbons (Fsp3) is 0.353. The third-order valence-electron chi connectivity index (χ3n) is 3.91. The number of allylic oxidation sites excluding steroid dienone is 1. The van der Waals surface area contributed by atoms with Gasteiger partial charge in [0.15, 0.2) is 0 Å². The van der Waals surface area contributed by atoms with Crippen LogP contribution in [0.2, 0.25) is 0 Å². The van der Waals surface area contributed by atoms with Crippen molar-refractivity contribution in [2.75, 3.05) is 13.7 Å². The number of hydrogen-bond acceptors (Lipinski definition) is 4. The number of methoxy groups -OCH3 is 1. The van der Waals surface area contributed by atoms with E-state index in [9.17, 15) is 14.4 Å². The molecule has 2 amide bonds. The Hall–Kier alpha value is -2.83. The van der Waals surface area contributed by atoms with Crippen molar-refractivity contribution in [2.24, 2.45) is 0 Å². The first-order valence-electron chi connectivity index (χ1n) is 7.59. The number of hydrogen-bond donors (Lipinski definition) is 2.